The average Bonchev–Trinajstić information content (AvgIpc) is 2.36. The highest BCUT2D eigenvalue weighted by Crippen LogP contribution is 2.54. The van der Waals surface area contributed by atoms with Crippen molar-refractivity contribution in [3.05, 3.63) is 0 Å². The summed E-state index contributed by atoms with van der Waals surface area (Å²) < 4.78 is 0. The Balaban J connectivity index is 5.70. The standard InChI is InChI=1S/C17H34O3/c1-7-16(12-14(6)18,11-10-13(4)5)17(8-2,9-3)15(19)20/h13-14,18H,7-12H2,1-6H3,(H,19,20). The van der Waals surface area contributed by atoms with E-state index in [9.17, 15) is 15.0 Å². The molecule has 2 N–H and O–H groups in total. The van der Waals surface area contributed by atoms with Crippen LogP contribution in [0.3, 0.4) is 0 Å². The second-order valence-corrected chi connectivity index (χ2v) is 6.71. The van der Waals surface area contributed by atoms with Crippen molar-refractivity contribution in [1.29, 1.82) is 0 Å². The molecular formula is C17H34O3. The second-order valence-electron chi connectivity index (χ2n) is 6.71. The Morgan fingerprint density at radius 1 is 1.05 bits per heavy atom. The molecule has 0 aromatic heterocycles. The minimum atomic E-state index is -0.729. The molecule has 0 bridgehead atoms. The largest absolute Gasteiger partial charge is 0.481 e. The number of hydrogen-bond donors (Lipinski definition) is 2. The van der Waals surface area contributed by atoms with Gasteiger partial charge in [0.05, 0.1) is 11.5 Å². The van der Waals surface area contributed by atoms with Gasteiger partial charge >= 0.3 is 5.97 Å². The summed E-state index contributed by atoms with van der Waals surface area (Å²) in [5, 5.41) is 19.8. The molecule has 0 aromatic rings. The molecule has 0 saturated heterocycles. The van der Waals surface area contributed by atoms with Gasteiger partial charge in [0, 0.05) is 0 Å². The fraction of sp³-hybridized carbons (Fsp3) is 0.941. The molecule has 2 unspecified atom stereocenters. The molecule has 3 heteroatoms. The quantitative estimate of drug-likeness (QED) is 0.622. The van der Waals surface area contributed by atoms with E-state index in [4.69, 9.17) is 0 Å². The fourth-order valence-electron chi connectivity index (χ4n) is 3.86. The van der Waals surface area contributed by atoms with Gasteiger partial charge in [0.2, 0.25) is 0 Å². The summed E-state index contributed by atoms with van der Waals surface area (Å²) in [5.74, 6) is -0.149. The Hall–Kier alpha value is -0.570. The fourth-order valence-corrected chi connectivity index (χ4v) is 3.86. The van der Waals surface area contributed by atoms with Crippen LogP contribution in [0.4, 0.5) is 0 Å². The van der Waals surface area contributed by atoms with Crippen molar-refractivity contribution in [2.45, 2.75) is 86.2 Å². The highest BCUT2D eigenvalue weighted by atomic mass is 16.4. The van der Waals surface area contributed by atoms with Crippen LogP contribution in [-0.2, 0) is 4.79 Å². The molecule has 2 atom stereocenters. The molecule has 0 aliphatic rings. The first kappa shape index (κ1) is 19.4. The van der Waals surface area contributed by atoms with E-state index in [-0.39, 0.29) is 5.41 Å². The van der Waals surface area contributed by atoms with Gasteiger partial charge in [-0.25, -0.2) is 0 Å². The minimum Gasteiger partial charge on any atom is -0.481 e. The molecule has 20 heavy (non-hydrogen) atoms. The van der Waals surface area contributed by atoms with Crippen LogP contribution in [0.1, 0.15) is 80.1 Å². The topological polar surface area (TPSA) is 57.5 Å². The molecule has 0 fully saturated rings. The monoisotopic (exact) mass is 286 g/mol. The zero-order valence-corrected chi connectivity index (χ0v) is 14.2. The van der Waals surface area contributed by atoms with Crippen molar-refractivity contribution in [1.82, 2.24) is 0 Å². The van der Waals surface area contributed by atoms with Crippen molar-refractivity contribution in [3.8, 4) is 0 Å². The smallest absolute Gasteiger partial charge is 0.310 e. The van der Waals surface area contributed by atoms with Gasteiger partial charge < -0.3 is 10.2 Å². The van der Waals surface area contributed by atoms with Gasteiger partial charge in [0.1, 0.15) is 0 Å². The number of aliphatic carboxylic acids is 1. The molecule has 0 saturated carbocycles. The number of carboxylic acids is 1. The SMILES string of the molecule is CCC(CCC(C)C)(CC(C)O)C(CC)(CC)C(=O)O. The number of carbonyl (C=O) groups is 1. The predicted molar refractivity (Wildman–Crippen MR) is 83.7 cm³/mol. The van der Waals surface area contributed by atoms with Gasteiger partial charge in [-0.15, -0.1) is 0 Å². The van der Waals surface area contributed by atoms with E-state index in [2.05, 4.69) is 20.8 Å². The lowest BCUT2D eigenvalue weighted by Crippen LogP contribution is -2.48. The van der Waals surface area contributed by atoms with E-state index >= 15 is 0 Å². The van der Waals surface area contributed by atoms with Crippen LogP contribution in [0.15, 0.2) is 0 Å². The predicted octanol–water partition coefficient (Wildman–Crippen LogP) is 4.48. The maximum absolute atomic E-state index is 12.0. The Kier molecular flexibility index (Phi) is 7.79. The number of hydrogen-bond acceptors (Lipinski definition) is 2. The average molecular weight is 286 g/mol. The van der Waals surface area contributed by atoms with E-state index in [1.807, 2.05) is 13.8 Å². The van der Waals surface area contributed by atoms with Crippen molar-refractivity contribution in [2.24, 2.45) is 16.7 Å². The van der Waals surface area contributed by atoms with E-state index in [0.717, 1.165) is 19.3 Å². The molecule has 3 nitrogen and oxygen atoms in total. The third-order valence-electron chi connectivity index (χ3n) is 5.19. The zero-order chi connectivity index (χ0) is 16.0. The lowest BCUT2D eigenvalue weighted by Gasteiger charge is -2.48. The zero-order valence-electron chi connectivity index (χ0n) is 14.2. The van der Waals surface area contributed by atoms with Gasteiger partial charge in [-0.1, -0.05) is 41.0 Å². The van der Waals surface area contributed by atoms with E-state index in [0.29, 0.717) is 25.2 Å². The molecule has 120 valence electrons. The molecule has 0 amide bonds. The number of rotatable bonds is 10. The van der Waals surface area contributed by atoms with Gasteiger partial charge in [-0.3, -0.25) is 4.79 Å². The van der Waals surface area contributed by atoms with Crippen molar-refractivity contribution >= 4 is 5.97 Å². The highest BCUT2D eigenvalue weighted by Gasteiger charge is 2.53. The summed E-state index contributed by atoms with van der Waals surface area (Å²) in [6, 6.07) is 0. The van der Waals surface area contributed by atoms with Crippen LogP contribution >= 0.6 is 0 Å². The Morgan fingerprint density at radius 2 is 1.55 bits per heavy atom. The highest BCUT2D eigenvalue weighted by molar-refractivity contribution is 5.75. The van der Waals surface area contributed by atoms with Crippen LogP contribution in [-0.4, -0.2) is 22.3 Å². The summed E-state index contributed by atoms with van der Waals surface area (Å²) in [7, 11) is 0. The molecule has 0 radical (unpaired) electrons. The molecule has 0 rings (SSSR count). The van der Waals surface area contributed by atoms with Crippen LogP contribution in [0, 0.1) is 16.7 Å². The first-order valence-corrected chi connectivity index (χ1v) is 8.12. The van der Waals surface area contributed by atoms with Crippen molar-refractivity contribution in [3.63, 3.8) is 0 Å². The maximum atomic E-state index is 12.0. The number of aliphatic hydroxyl groups excluding tert-OH is 1. The lowest BCUT2D eigenvalue weighted by atomic mass is 9.54. The summed E-state index contributed by atoms with van der Waals surface area (Å²) in [6.07, 6.45) is 4.05. The Morgan fingerprint density at radius 3 is 1.80 bits per heavy atom. The van der Waals surface area contributed by atoms with Crippen LogP contribution in [0.5, 0.6) is 0 Å². The van der Waals surface area contributed by atoms with Crippen molar-refractivity contribution < 1.29 is 15.0 Å². The summed E-state index contributed by atoms with van der Waals surface area (Å²) in [6.45, 7) is 12.1. The van der Waals surface area contributed by atoms with Gasteiger partial charge in [-0.05, 0) is 50.4 Å². The molecule has 0 spiro atoms. The van der Waals surface area contributed by atoms with Crippen LogP contribution in [0.25, 0.3) is 0 Å². The third kappa shape index (κ3) is 3.97. The van der Waals surface area contributed by atoms with Gasteiger partial charge in [0.25, 0.3) is 0 Å². The number of aliphatic hydroxyl groups is 1. The van der Waals surface area contributed by atoms with Crippen LogP contribution in [0.2, 0.25) is 0 Å². The molecule has 0 heterocycles. The molecular weight excluding hydrogens is 252 g/mol. The summed E-state index contributed by atoms with van der Waals surface area (Å²) >= 11 is 0. The lowest BCUT2D eigenvalue weighted by molar-refractivity contribution is -0.163. The summed E-state index contributed by atoms with van der Waals surface area (Å²) in [5.41, 5.74) is -1.05. The first-order chi connectivity index (χ1) is 9.21. The normalized spacial score (nSPS) is 17.0. The molecule has 0 aromatic carbocycles. The Bertz CT molecular complexity index is 293. The number of carboxylic acid groups (broad SMARTS) is 1. The second kappa shape index (κ2) is 8.02. The minimum absolute atomic E-state index is 0.319. The van der Waals surface area contributed by atoms with Crippen molar-refractivity contribution in [2.75, 3.05) is 0 Å². The third-order valence-corrected chi connectivity index (χ3v) is 5.19. The van der Waals surface area contributed by atoms with E-state index in [1.165, 1.54) is 0 Å². The van der Waals surface area contributed by atoms with Crippen LogP contribution < -0.4 is 0 Å². The maximum Gasteiger partial charge on any atom is 0.310 e. The molecule has 0 aliphatic heterocycles. The van der Waals surface area contributed by atoms with E-state index < -0.39 is 17.5 Å². The van der Waals surface area contributed by atoms with E-state index in [1.54, 1.807) is 6.92 Å². The van der Waals surface area contributed by atoms with Gasteiger partial charge in [0.15, 0.2) is 0 Å². The first-order valence-electron chi connectivity index (χ1n) is 8.12. The summed E-state index contributed by atoms with van der Waals surface area (Å²) in [4.78, 5) is 12.0. The Labute approximate surface area is 124 Å². The molecule has 0 aliphatic carbocycles. The van der Waals surface area contributed by atoms with Gasteiger partial charge in [-0.2, -0.15) is 0 Å².